The van der Waals surface area contributed by atoms with Gasteiger partial charge in [-0.15, -0.1) is 0 Å². The van der Waals surface area contributed by atoms with Crippen LogP contribution in [0.5, 0.6) is 0 Å². The average Bonchev–Trinajstić information content (AvgIpc) is 2.96. The number of rotatable bonds is 6. The van der Waals surface area contributed by atoms with Crippen LogP contribution in [0.1, 0.15) is 10.4 Å². The average molecular weight is 287 g/mol. The first-order valence-corrected chi connectivity index (χ1v) is 7.45. The highest BCUT2D eigenvalue weighted by Gasteiger charge is 2.12. The van der Waals surface area contributed by atoms with E-state index in [1.807, 2.05) is 24.3 Å². The third-order valence-electron chi connectivity index (χ3n) is 3.88. The van der Waals surface area contributed by atoms with Gasteiger partial charge in [0.05, 0.1) is 19.8 Å². The van der Waals surface area contributed by atoms with Gasteiger partial charge in [0.2, 0.25) is 0 Å². The van der Waals surface area contributed by atoms with E-state index in [-0.39, 0.29) is 5.78 Å². The summed E-state index contributed by atoms with van der Waals surface area (Å²) in [6.07, 6.45) is 1.80. The van der Waals surface area contributed by atoms with Gasteiger partial charge in [0.25, 0.3) is 0 Å². The number of nitrogens with zero attached hydrogens (tertiary/aromatic N) is 1. The molecule has 21 heavy (non-hydrogen) atoms. The van der Waals surface area contributed by atoms with Gasteiger partial charge in [0, 0.05) is 48.8 Å². The number of para-hydroxylation sites is 1. The molecule has 2 N–H and O–H groups in total. The number of carbonyl (C=O) groups excluding carboxylic acids is 1. The van der Waals surface area contributed by atoms with Crippen LogP contribution in [0.25, 0.3) is 10.9 Å². The molecule has 1 aliphatic heterocycles. The molecule has 0 radical (unpaired) electrons. The number of fused-ring (bicyclic) bond motifs is 1. The van der Waals surface area contributed by atoms with Gasteiger partial charge in [0.15, 0.2) is 5.78 Å². The number of hydrogen-bond acceptors (Lipinski definition) is 4. The second kappa shape index (κ2) is 6.85. The highest BCUT2D eigenvalue weighted by Crippen LogP contribution is 2.17. The van der Waals surface area contributed by atoms with Crippen molar-refractivity contribution in [3.05, 3.63) is 36.0 Å². The number of aromatic nitrogens is 1. The molecule has 5 heteroatoms. The third kappa shape index (κ3) is 3.50. The molecular weight excluding hydrogens is 266 g/mol. The summed E-state index contributed by atoms with van der Waals surface area (Å²) in [5.74, 6) is 0.134. The summed E-state index contributed by atoms with van der Waals surface area (Å²) in [6, 6.07) is 7.89. The number of ether oxygens (including phenoxy) is 1. The summed E-state index contributed by atoms with van der Waals surface area (Å²) in [6.45, 7) is 5.77. The highest BCUT2D eigenvalue weighted by atomic mass is 16.5. The number of hydrogen-bond donors (Lipinski definition) is 2. The lowest BCUT2D eigenvalue weighted by Crippen LogP contribution is -2.41. The monoisotopic (exact) mass is 287 g/mol. The van der Waals surface area contributed by atoms with Crippen LogP contribution in [0, 0.1) is 0 Å². The van der Waals surface area contributed by atoms with Gasteiger partial charge in [0.1, 0.15) is 0 Å². The van der Waals surface area contributed by atoms with E-state index in [1.165, 1.54) is 0 Å². The summed E-state index contributed by atoms with van der Waals surface area (Å²) < 4.78 is 5.31. The molecule has 0 atom stereocenters. The number of H-pyrrole nitrogens is 1. The zero-order chi connectivity index (χ0) is 14.5. The van der Waals surface area contributed by atoms with Gasteiger partial charge in [-0.25, -0.2) is 0 Å². The highest BCUT2D eigenvalue weighted by molar-refractivity contribution is 6.08. The standard InChI is InChI=1S/C16H21N3O2/c20-16(12-17-5-6-19-7-9-21-10-8-19)14-11-18-15-4-2-1-3-13(14)15/h1-4,11,17-18H,5-10,12H2. The predicted octanol–water partition coefficient (Wildman–Crippen LogP) is 1.27. The number of Topliss-reactive ketones (excluding diaryl/α,β-unsaturated/α-hetero) is 1. The summed E-state index contributed by atoms with van der Waals surface area (Å²) in [5, 5.41) is 4.24. The predicted molar refractivity (Wildman–Crippen MR) is 82.8 cm³/mol. The maximum absolute atomic E-state index is 12.3. The topological polar surface area (TPSA) is 57.4 Å². The fourth-order valence-electron chi connectivity index (χ4n) is 2.66. The van der Waals surface area contributed by atoms with Gasteiger partial charge >= 0.3 is 0 Å². The Labute approximate surface area is 124 Å². The van der Waals surface area contributed by atoms with E-state index in [0.29, 0.717) is 6.54 Å². The number of benzene rings is 1. The van der Waals surface area contributed by atoms with Crippen LogP contribution < -0.4 is 5.32 Å². The zero-order valence-electron chi connectivity index (χ0n) is 12.1. The van der Waals surface area contributed by atoms with Crippen LogP contribution in [0.4, 0.5) is 0 Å². The number of morpholine rings is 1. The van der Waals surface area contributed by atoms with Gasteiger partial charge in [-0.1, -0.05) is 18.2 Å². The lowest BCUT2D eigenvalue weighted by Gasteiger charge is -2.26. The molecule has 5 nitrogen and oxygen atoms in total. The zero-order valence-corrected chi connectivity index (χ0v) is 12.1. The molecule has 3 rings (SSSR count). The molecule has 1 fully saturated rings. The normalized spacial score (nSPS) is 16.4. The molecule has 0 bridgehead atoms. The summed E-state index contributed by atoms with van der Waals surface area (Å²) in [5.41, 5.74) is 1.78. The summed E-state index contributed by atoms with van der Waals surface area (Å²) in [4.78, 5) is 17.7. The molecule has 0 amide bonds. The van der Waals surface area contributed by atoms with Crippen LogP contribution in [0.2, 0.25) is 0 Å². The van der Waals surface area contributed by atoms with Crippen molar-refractivity contribution in [1.82, 2.24) is 15.2 Å². The fourth-order valence-corrected chi connectivity index (χ4v) is 2.66. The Hall–Kier alpha value is -1.69. The lowest BCUT2D eigenvalue weighted by molar-refractivity contribution is 0.0384. The maximum Gasteiger partial charge on any atom is 0.178 e. The minimum atomic E-state index is 0.134. The van der Waals surface area contributed by atoms with Crippen molar-refractivity contribution in [3.8, 4) is 0 Å². The number of aromatic amines is 1. The van der Waals surface area contributed by atoms with Crippen LogP contribution in [-0.4, -0.2) is 61.6 Å². The van der Waals surface area contributed by atoms with Crippen LogP contribution in [0.15, 0.2) is 30.5 Å². The van der Waals surface area contributed by atoms with E-state index in [2.05, 4.69) is 15.2 Å². The Morgan fingerprint density at radius 2 is 2.10 bits per heavy atom. The molecule has 1 aromatic heterocycles. The number of nitrogens with one attached hydrogen (secondary N) is 2. The van der Waals surface area contributed by atoms with E-state index >= 15 is 0 Å². The smallest absolute Gasteiger partial charge is 0.178 e. The lowest BCUT2D eigenvalue weighted by atomic mass is 10.1. The molecule has 1 aliphatic rings. The quantitative estimate of drug-likeness (QED) is 0.620. The SMILES string of the molecule is O=C(CNCCN1CCOCC1)c1c[nH]c2ccccc12. The Bertz CT molecular complexity index is 602. The Morgan fingerprint density at radius 1 is 1.29 bits per heavy atom. The van der Waals surface area contributed by atoms with Crippen LogP contribution >= 0.6 is 0 Å². The summed E-state index contributed by atoms with van der Waals surface area (Å²) in [7, 11) is 0. The maximum atomic E-state index is 12.3. The van der Waals surface area contributed by atoms with Crippen molar-refractivity contribution in [1.29, 1.82) is 0 Å². The number of carbonyl (C=O) groups is 1. The largest absolute Gasteiger partial charge is 0.379 e. The van der Waals surface area contributed by atoms with Crippen molar-refractivity contribution in [2.75, 3.05) is 45.9 Å². The van der Waals surface area contributed by atoms with Gasteiger partial charge < -0.3 is 15.0 Å². The molecule has 0 aliphatic carbocycles. The van der Waals surface area contributed by atoms with E-state index in [4.69, 9.17) is 4.74 Å². The van der Waals surface area contributed by atoms with E-state index in [1.54, 1.807) is 6.20 Å². The molecule has 112 valence electrons. The van der Waals surface area contributed by atoms with Crippen molar-refractivity contribution < 1.29 is 9.53 Å². The van der Waals surface area contributed by atoms with Gasteiger partial charge in [-0.2, -0.15) is 0 Å². The van der Waals surface area contributed by atoms with Crippen molar-refractivity contribution in [2.45, 2.75) is 0 Å². The Balaban J connectivity index is 1.48. The van der Waals surface area contributed by atoms with Gasteiger partial charge in [-0.05, 0) is 6.07 Å². The van der Waals surface area contributed by atoms with Crippen molar-refractivity contribution in [3.63, 3.8) is 0 Å². The first-order valence-electron chi connectivity index (χ1n) is 7.45. The summed E-state index contributed by atoms with van der Waals surface area (Å²) >= 11 is 0. The first-order chi connectivity index (χ1) is 10.3. The van der Waals surface area contributed by atoms with Crippen LogP contribution in [0.3, 0.4) is 0 Å². The fraction of sp³-hybridized carbons (Fsp3) is 0.438. The van der Waals surface area contributed by atoms with Crippen molar-refractivity contribution in [2.24, 2.45) is 0 Å². The third-order valence-corrected chi connectivity index (χ3v) is 3.88. The Kier molecular flexibility index (Phi) is 4.65. The molecule has 0 unspecified atom stereocenters. The molecule has 0 saturated carbocycles. The minimum Gasteiger partial charge on any atom is -0.379 e. The second-order valence-corrected chi connectivity index (χ2v) is 5.30. The van der Waals surface area contributed by atoms with E-state index in [9.17, 15) is 4.79 Å². The van der Waals surface area contributed by atoms with Crippen molar-refractivity contribution >= 4 is 16.7 Å². The molecular formula is C16H21N3O2. The molecule has 0 spiro atoms. The molecule has 1 aromatic carbocycles. The Morgan fingerprint density at radius 3 is 2.95 bits per heavy atom. The number of ketones is 1. The molecule has 2 aromatic rings. The first kappa shape index (κ1) is 14.3. The van der Waals surface area contributed by atoms with Gasteiger partial charge in [-0.3, -0.25) is 9.69 Å². The minimum absolute atomic E-state index is 0.134. The van der Waals surface area contributed by atoms with E-state index in [0.717, 1.165) is 55.9 Å². The molecule has 2 heterocycles. The van der Waals surface area contributed by atoms with E-state index < -0.39 is 0 Å². The molecule has 1 saturated heterocycles. The van der Waals surface area contributed by atoms with Crippen LogP contribution in [-0.2, 0) is 4.74 Å². The second-order valence-electron chi connectivity index (χ2n) is 5.30.